The number of rotatable bonds is 5. The van der Waals surface area contributed by atoms with E-state index in [4.69, 9.17) is 4.74 Å². The number of hydrogen-bond acceptors (Lipinski definition) is 6. The number of hydrogen-bond donors (Lipinski definition) is 0. The molecule has 1 aliphatic heterocycles. The van der Waals surface area contributed by atoms with Crippen molar-refractivity contribution in [2.24, 2.45) is 0 Å². The number of thioether (sulfide) groups is 1. The molecule has 0 N–H and O–H groups in total. The molecule has 6 nitrogen and oxygen atoms in total. The molecule has 0 atom stereocenters. The van der Waals surface area contributed by atoms with Crippen molar-refractivity contribution in [3.05, 3.63) is 60.4 Å². The summed E-state index contributed by atoms with van der Waals surface area (Å²) < 4.78 is 32.4. The SMILES string of the molecule is O=S(=O)(c1cccc(CSc2ncnc3ccccc23)c1)N1CCOCC1. The lowest BCUT2D eigenvalue weighted by Gasteiger charge is -2.26. The van der Waals surface area contributed by atoms with E-state index in [0.29, 0.717) is 37.0 Å². The third-order valence-corrected chi connectivity index (χ3v) is 7.36. The van der Waals surface area contributed by atoms with Crippen LogP contribution in [0, 0.1) is 0 Å². The first-order valence-electron chi connectivity index (χ1n) is 8.64. The Labute approximate surface area is 162 Å². The number of morpholine rings is 1. The molecular weight excluding hydrogens is 382 g/mol. The van der Waals surface area contributed by atoms with Gasteiger partial charge in [-0.05, 0) is 23.8 Å². The maximum absolute atomic E-state index is 12.8. The Morgan fingerprint density at radius 1 is 1.04 bits per heavy atom. The lowest BCUT2D eigenvalue weighted by atomic mass is 10.2. The van der Waals surface area contributed by atoms with E-state index in [-0.39, 0.29) is 0 Å². The summed E-state index contributed by atoms with van der Waals surface area (Å²) >= 11 is 1.58. The molecule has 1 aromatic heterocycles. The molecule has 0 spiro atoms. The number of nitrogens with zero attached hydrogens (tertiary/aromatic N) is 3. The first-order chi connectivity index (χ1) is 13.1. The van der Waals surface area contributed by atoms with Gasteiger partial charge < -0.3 is 4.74 Å². The molecule has 0 bridgehead atoms. The largest absolute Gasteiger partial charge is 0.379 e. The monoisotopic (exact) mass is 401 g/mol. The second kappa shape index (κ2) is 7.93. The minimum absolute atomic E-state index is 0.329. The molecule has 0 amide bonds. The van der Waals surface area contributed by atoms with E-state index in [1.165, 1.54) is 4.31 Å². The average Bonchev–Trinajstić information content (AvgIpc) is 2.73. The van der Waals surface area contributed by atoms with Gasteiger partial charge in [0.2, 0.25) is 10.0 Å². The maximum Gasteiger partial charge on any atom is 0.243 e. The van der Waals surface area contributed by atoms with Crippen LogP contribution in [0.25, 0.3) is 10.9 Å². The van der Waals surface area contributed by atoms with Crippen LogP contribution in [-0.2, 0) is 20.5 Å². The lowest BCUT2D eigenvalue weighted by molar-refractivity contribution is 0.0730. The summed E-state index contributed by atoms with van der Waals surface area (Å²) in [5.74, 6) is 0.632. The summed E-state index contributed by atoms with van der Waals surface area (Å²) in [5.41, 5.74) is 1.84. The van der Waals surface area contributed by atoms with Gasteiger partial charge >= 0.3 is 0 Å². The van der Waals surface area contributed by atoms with Crippen molar-refractivity contribution in [2.75, 3.05) is 26.3 Å². The molecule has 3 aromatic rings. The first-order valence-corrected chi connectivity index (χ1v) is 11.1. The second-order valence-corrected chi connectivity index (χ2v) is 9.05. The molecule has 0 radical (unpaired) electrons. The molecule has 0 saturated carbocycles. The van der Waals surface area contributed by atoms with Gasteiger partial charge in [0.05, 0.1) is 23.6 Å². The molecule has 2 aromatic carbocycles. The maximum atomic E-state index is 12.8. The number of benzene rings is 2. The zero-order valence-corrected chi connectivity index (χ0v) is 16.2. The summed E-state index contributed by atoms with van der Waals surface area (Å²) in [4.78, 5) is 8.98. The van der Waals surface area contributed by atoms with Gasteiger partial charge in [0.15, 0.2) is 0 Å². The van der Waals surface area contributed by atoms with E-state index in [0.717, 1.165) is 21.5 Å². The zero-order chi connectivity index (χ0) is 18.7. The van der Waals surface area contributed by atoms with Crippen LogP contribution in [0.4, 0.5) is 0 Å². The molecule has 1 fully saturated rings. The van der Waals surface area contributed by atoms with E-state index in [1.54, 1.807) is 36.3 Å². The smallest absolute Gasteiger partial charge is 0.243 e. The molecule has 140 valence electrons. The topological polar surface area (TPSA) is 72.4 Å². The van der Waals surface area contributed by atoms with Crippen molar-refractivity contribution in [3.63, 3.8) is 0 Å². The van der Waals surface area contributed by atoms with Gasteiger partial charge in [0.25, 0.3) is 0 Å². The molecule has 27 heavy (non-hydrogen) atoms. The molecule has 0 aliphatic carbocycles. The number of para-hydroxylation sites is 1. The highest BCUT2D eigenvalue weighted by Gasteiger charge is 2.26. The Morgan fingerprint density at radius 2 is 1.85 bits per heavy atom. The second-order valence-electron chi connectivity index (χ2n) is 6.15. The van der Waals surface area contributed by atoms with E-state index >= 15 is 0 Å². The fraction of sp³-hybridized carbons (Fsp3) is 0.263. The summed E-state index contributed by atoms with van der Waals surface area (Å²) in [6.07, 6.45) is 1.56. The zero-order valence-electron chi connectivity index (χ0n) is 14.6. The highest BCUT2D eigenvalue weighted by atomic mass is 32.2. The summed E-state index contributed by atoms with van der Waals surface area (Å²) in [7, 11) is -3.48. The van der Waals surface area contributed by atoms with Crippen LogP contribution in [0.1, 0.15) is 5.56 Å². The standard InChI is InChI=1S/C19H19N3O3S2/c23-27(24,22-8-10-25-11-9-22)16-5-3-4-15(12-16)13-26-19-17-6-1-2-7-18(17)20-14-21-19/h1-7,12,14H,8-11,13H2. The van der Waals surface area contributed by atoms with Crippen molar-refractivity contribution in [3.8, 4) is 0 Å². The summed E-state index contributed by atoms with van der Waals surface area (Å²) in [6, 6.07) is 15.0. The predicted octanol–water partition coefficient (Wildman–Crippen LogP) is 2.94. The lowest BCUT2D eigenvalue weighted by Crippen LogP contribution is -2.40. The number of sulfonamides is 1. The van der Waals surface area contributed by atoms with Gasteiger partial charge in [-0.1, -0.05) is 30.3 Å². The van der Waals surface area contributed by atoms with Crippen LogP contribution in [0.3, 0.4) is 0 Å². The average molecular weight is 402 g/mol. The van der Waals surface area contributed by atoms with Crippen LogP contribution < -0.4 is 0 Å². The number of ether oxygens (including phenoxy) is 1. The minimum Gasteiger partial charge on any atom is -0.379 e. The Balaban J connectivity index is 1.54. The third kappa shape index (κ3) is 3.98. The van der Waals surface area contributed by atoms with E-state index in [9.17, 15) is 8.42 Å². The minimum atomic E-state index is -3.48. The van der Waals surface area contributed by atoms with Crippen molar-refractivity contribution >= 4 is 32.7 Å². The summed E-state index contributed by atoms with van der Waals surface area (Å²) in [5, 5.41) is 1.89. The van der Waals surface area contributed by atoms with Crippen LogP contribution >= 0.6 is 11.8 Å². The van der Waals surface area contributed by atoms with Crippen molar-refractivity contribution in [1.29, 1.82) is 0 Å². The molecule has 1 aliphatic rings. The Hall–Kier alpha value is -2.00. The van der Waals surface area contributed by atoms with Crippen molar-refractivity contribution in [1.82, 2.24) is 14.3 Å². The Bertz CT molecular complexity index is 1050. The highest BCUT2D eigenvalue weighted by molar-refractivity contribution is 7.98. The summed E-state index contributed by atoms with van der Waals surface area (Å²) in [6.45, 7) is 1.67. The fourth-order valence-corrected chi connectivity index (χ4v) is 5.39. The molecule has 2 heterocycles. The van der Waals surface area contributed by atoms with Crippen LogP contribution in [-0.4, -0.2) is 49.0 Å². The fourth-order valence-electron chi connectivity index (χ4n) is 2.98. The van der Waals surface area contributed by atoms with Crippen LogP contribution in [0.2, 0.25) is 0 Å². The predicted molar refractivity (Wildman–Crippen MR) is 105 cm³/mol. The molecule has 8 heteroatoms. The number of fused-ring (bicyclic) bond motifs is 1. The van der Waals surface area contributed by atoms with Gasteiger partial charge in [-0.15, -0.1) is 11.8 Å². The van der Waals surface area contributed by atoms with Gasteiger partial charge in [-0.3, -0.25) is 0 Å². The van der Waals surface area contributed by atoms with E-state index in [2.05, 4.69) is 9.97 Å². The van der Waals surface area contributed by atoms with Crippen LogP contribution in [0.15, 0.2) is 64.8 Å². The van der Waals surface area contributed by atoms with Crippen molar-refractivity contribution < 1.29 is 13.2 Å². The van der Waals surface area contributed by atoms with Gasteiger partial charge in [0, 0.05) is 24.2 Å². The Morgan fingerprint density at radius 3 is 2.70 bits per heavy atom. The number of aromatic nitrogens is 2. The molecular formula is C19H19N3O3S2. The Kier molecular flexibility index (Phi) is 5.40. The highest BCUT2D eigenvalue weighted by Crippen LogP contribution is 2.28. The first kappa shape index (κ1) is 18.4. The normalized spacial score (nSPS) is 15.9. The van der Waals surface area contributed by atoms with Gasteiger partial charge in [-0.2, -0.15) is 4.31 Å². The molecule has 0 unspecified atom stereocenters. The van der Waals surface area contributed by atoms with E-state index < -0.39 is 10.0 Å². The molecule has 1 saturated heterocycles. The van der Waals surface area contributed by atoms with Gasteiger partial charge in [-0.25, -0.2) is 18.4 Å². The quantitative estimate of drug-likeness (QED) is 0.483. The third-order valence-electron chi connectivity index (χ3n) is 4.39. The molecule has 4 rings (SSSR count). The van der Waals surface area contributed by atoms with E-state index in [1.807, 2.05) is 30.3 Å². The van der Waals surface area contributed by atoms with Gasteiger partial charge in [0.1, 0.15) is 11.4 Å². The van der Waals surface area contributed by atoms with Crippen LogP contribution in [0.5, 0.6) is 0 Å². The van der Waals surface area contributed by atoms with Crippen molar-refractivity contribution in [2.45, 2.75) is 15.7 Å².